The van der Waals surface area contributed by atoms with Crippen LogP contribution in [0.2, 0.25) is 5.02 Å². The summed E-state index contributed by atoms with van der Waals surface area (Å²) in [6.45, 7) is 16.5. The van der Waals surface area contributed by atoms with Crippen LogP contribution in [0.5, 0.6) is 5.88 Å². The van der Waals surface area contributed by atoms with Gasteiger partial charge in [0.2, 0.25) is 5.88 Å². The number of hydrogen-bond acceptors (Lipinski definition) is 7. The van der Waals surface area contributed by atoms with E-state index >= 15 is 0 Å². The van der Waals surface area contributed by atoms with Crippen LogP contribution in [-0.2, 0) is 20.7 Å². The fourth-order valence-electron chi connectivity index (χ4n) is 3.88. The molecule has 1 N–H and O–H groups in total. The van der Waals surface area contributed by atoms with Crippen molar-refractivity contribution in [1.29, 1.82) is 0 Å². The molecule has 2 saturated heterocycles. The molecule has 2 aliphatic heterocycles. The Kier molecular flexibility index (Phi) is 8.84. The van der Waals surface area contributed by atoms with E-state index in [0.29, 0.717) is 41.6 Å². The molecule has 0 saturated carbocycles. The molecule has 2 unspecified atom stereocenters. The first-order chi connectivity index (χ1) is 16.2. The van der Waals surface area contributed by atoms with Crippen molar-refractivity contribution >= 4 is 23.8 Å². The quantitative estimate of drug-likeness (QED) is 0.494. The number of hydrogen-bond donors (Lipinski definition) is 1. The van der Waals surface area contributed by atoms with Crippen molar-refractivity contribution in [1.82, 2.24) is 15.3 Å². The number of benzene rings is 1. The molecule has 4 rings (SSSR count). The molecule has 9 heteroatoms. The molecule has 0 aliphatic carbocycles. The monoisotopic (exact) mass is 486 g/mol. The van der Waals surface area contributed by atoms with Gasteiger partial charge in [-0.25, -0.2) is 14.8 Å². The molecule has 2 fully saturated rings. The van der Waals surface area contributed by atoms with Gasteiger partial charge in [0, 0.05) is 41.9 Å². The Hall–Kier alpha value is -2.73. The second-order valence-electron chi connectivity index (χ2n) is 9.45. The molecule has 182 valence electrons. The average molecular weight is 487 g/mol. The zero-order valence-electron chi connectivity index (χ0n) is 20.0. The summed E-state index contributed by atoms with van der Waals surface area (Å²) in [5.74, 6) is 0.639. The van der Waals surface area contributed by atoms with Crippen molar-refractivity contribution in [2.75, 3.05) is 13.2 Å². The first-order valence-corrected chi connectivity index (χ1v) is 11.6. The topological polar surface area (TPSA) is 86.9 Å². The number of halogens is 1. The fraction of sp³-hybridized carbons (Fsp3) is 0.520. The van der Waals surface area contributed by atoms with Crippen molar-refractivity contribution in [3.8, 4) is 5.88 Å². The molecule has 2 aliphatic rings. The molecule has 34 heavy (non-hydrogen) atoms. The van der Waals surface area contributed by atoms with E-state index in [2.05, 4.69) is 24.9 Å². The highest BCUT2D eigenvalue weighted by atomic mass is 35.5. The number of nitrogens with one attached hydrogen (secondary N) is 1. The van der Waals surface area contributed by atoms with E-state index in [-0.39, 0.29) is 11.7 Å². The molecule has 0 spiro atoms. The summed E-state index contributed by atoms with van der Waals surface area (Å²) >= 11 is 6.32. The number of ether oxygens (including phenoxy) is 3. The normalized spacial score (nSPS) is 21.5. The minimum absolute atomic E-state index is 0.133. The highest BCUT2D eigenvalue weighted by Gasteiger charge is 2.33. The molecule has 2 atom stereocenters. The van der Waals surface area contributed by atoms with Crippen LogP contribution in [-0.4, -0.2) is 53.4 Å². The number of carbonyl (C=O) groups is 1. The SMILES string of the molecule is CC(C)(C)OC=O.[C-]#[N+]c1ccc(Cc2ncnc(OC3CC4COCC(C3)N4)c2C)c(Cl)c1. The van der Waals surface area contributed by atoms with E-state index in [1.807, 2.05) is 33.8 Å². The van der Waals surface area contributed by atoms with Crippen LogP contribution in [0.4, 0.5) is 5.69 Å². The Bertz CT molecular complexity index is 1020. The van der Waals surface area contributed by atoms with Crippen LogP contribution < -0.4 is 10.1 Å². The molecular weight excluding hydrogens is 456 g/mol. The Morgan fingerprint density at radius 1 is 1.26 bits per heavy atom. The van der Waals surface area contributed by atoms with Crippen LogP contribution in [0, 0.1) is 13.5 Å². The molecule has 2 bridgehead atoms. The lowest BCUT2D eigenvalue weighted by Gasteiger charge is -2.39. The first-order valence-electron chi connectivity index (χ1n) is 11.3. The van der Waals surface area contributed by atoms with Gasteiger partial charge in [0.25, 0.3) is 6.47 Å². The van der Waals surface area contributed by atoms with Crippen LogP contribution in [0.25, 0.3) is 4.85 Å². The van der Waals surface area contributed by atoms with E-state index in [1.54, 1.807) is 18.5 Å². The number of carbonyl (C=O) groups excluding carboxylic acids is 1. The summed E-state index contributed by atoms with van der Waals surface area (Å²) in [5, 5.41) is 4.15. The molecule has 3 heterocycles. The molecule has 2 aromatic rings. The summed E-state index contributed by atoms with van der Waals surface area (Å²) in [4.78, 5) is 21.8. The predicted molar refractivity (Wildman–Crippen MR) is 129 cm³/mol. The molecule has 0 radical (unpaired) electrons. The van der Waals surface area contributed by atoms with Crippen LogP contribution >= 0.6 is 11.6 Å². The van der Waals surface area contributed by atoms with E-state index in [0.717, 1.165) is 42.9 Å². The average Bonchev–Trinajstić information content (AvgIpc) is 2.77. The summed E-state index contributed by atoms with van der Waals surface area (Å²) in [5.41, 5.74) is 2.97. The van der Waals surface area contributed by atoms with Gasteiger partial charge in [0.1, 0.15) is 18.0 Å². The Morgan fingerprint density at radius 2 is 1.97 bits per heavy atom. The number of rotatable bonds is 5. The first kappa shape index (κ1) is 25.9. The van der Waals surface area contributed by atoms with Gasteiger partial charge in [-0.15, -0.1) is 0 Å². The van der Waals surface area contributed by atoms with E-state index < -0.39 is 0 Å². The van der Waals surface area contributed by atoms with E-state index in [9.17, 15) is 4.79 Å². The van der Waals surface area contributed by atoms with Gasteiger partial charge in [0.15, 0.2) is 5.69 Å². The third-order valence-electron chi connectivity index (χ3n) is 5.55. The van der Waals surface area contributed by atoms with Gasteiger partial charge < -0.3 is 19.5 Å². The number of aromatic nitrogens is 2. The zero-order valence-corrected chi connectivity index (χ0v) is 20.8. The highest BCUT2D eigenvalue weighted by molar-refractivity contribution is 6.31. The third kappa shape index (κ3) is 7.39. The smallest absolute Gasteiger partial charge is 0.293 e. The maximum absolute atomic E-state index is 9.60. The van der Waals surface area contributed by atoms with Gasteiger partial charge in [-0.3, -0.25) is 4.79 Å². The van der Waals surface area contributed by atoms with Gasteiger partial charge in [0.05, 0.1) is 25.5 Å². The molecule has 1 aromatic carbocycles. The largest absolute Gasteiger partial charge is 0.474 e. The number of morpholine rings is 1. The van der Waals surface area contributed by atoms with Crippen LogP contribution in [0.15, 0.2) is 24.5 Å². The van der Waals surface area contributed by atoms with Crippen LogP contribution in [0.3, 0.4) is 0 Å². The minimum Gasteiger partial charge on any atom is -0.474 e. The van der Waals surface area contributed by atoms with Gasteiger partial charge in [-0.05, 0) is 39.3 Å². The molecular formula is C25H31ClN4O4. The van der Waals surface area contributed by atoms with Crippen molar-refractivity contribution in [3.05, 3.63) is 57.8 Å². The lowest BCUT2D eigenvalue weighted by Crippen LogP contribution is -2.56. The minimum atomic E-state index is -0.318. The molecule has 8 nitrogen and oxygen atoms in total. The summed E-state index contributed by atoms with van der Waals surface area (Å²) in [6.07, 6.45) is 4.09. The molecule has 0 amide bonds. The van der Waals surface area contributed by atoms with Gasteiger partial charge in [-0.1, -0.05) is 23.7 Å². The Labute approximate surface area is 205 Å². The van der Waals surface area contributed by atoms with Crippen LogP contribution in [0.1, 0.15) is 50.4 Å². The standard InChI is InChI=1S/C20H21ClN4O2.C5H10O2/c1-12-19(5-13-3-4-14(22-2)8-18(13)21)23-11-24-20(12)27-17-6-15-9-26-10-16(7-17)25-15;1-5(2,3)7-4-6/h3-4,8,11,15-17,25H,5-7,9-10H2,1H3;4H,1-3H3. The summed E-state index contributed by atoms with van der Waals surface area (Å²) in [6, 6.07) is 6.05. The number of piperidine rings is 1. The lowest BCUT2D eigenvalue weighted by atomic mass is 9.94. The van der Waals surface area contributed by atoms with E-state index in [1.165, 1.54) is 0 Å². The zero-order chi connectivity index (χ0) is 24.7. The maximum atomic E-state index is 9.60. The maximum Gasteiger partial charge on any atom is 0.293 e. The van der Waals surface area contributed by atoms with Gasteiger partial charge >= 0.3 is 0 Å². The van der Waals surface area contributed by atoms with Crippen molar-refractivity contribution < 1.29 is 19.0 Å². The van der Waals surface area contributed by atoms with Crippen molar-refractivity contribution in [3.63, 3.8) is 0 Å². The van der Waals surface area contributed by atoms with Crippen molar-refractivity contribution in [2.45, 2.75) is 70.7 Å². The molecule has 1 aromatic heterocycles. The summed E-state index contributed by atoms with van der Waals surface area (Å²) < 4.78 is 16.4. The second-order valence-corrected chi connectivity index (χ2v) is 9.86. The van der Waals surface area contributed by atoms with Crippen molar-refractivity contribution in [2.24, 2.45) is 0 Å². The predicted octanol–water partition coefficient (Wildman–Crippen LogP) is 4.44. The second kappa shape index (κ2) is 11.6. The third-order valence-corrected chi connectivity index (χ3v) is 5.90. The van der Waals surface area contributed by atoms with Gasteiger partial charge in [-0.2, -0.15) is 0 Å². The Balaban J connectivity index is 0.000000406. The Morgan fingerprint density at radius 3 is 2.53 bits per heavy atom. The number of nitrogens with zero attached hydrogens (tertiary/aromatic N) is 3. The lowest BCUT2D eigenvalue weighted by molar-refractivity contribution is -0.138. The number of fused-ring (bicyclic) bond motifs is 2. The fourth-order valence-corrected chi connectivity index (χ4v) is 4.12. The highest BCUT2D eigenvalue weighted by Crippen LogP contribution is 2.28. The summed E-state index contributed by atoms with van der Waals surface area (Å²) in [7, 11) is 0. The van der Waals surface area contributed by atoms with E-state index in [4.69, 9.17) is 27.6 Å².